The average Bonchev–Trinajstić information content (AvgIpc) is 2.67. The van der Waals surface area contributed by atoms with Gasteiger partial charge < -0.3 is 10.2 Å². The summed E-state index contributed by atoms with van der Waals surface area (Å²) in [4.78, 5) is 22.6. The molecule has 1 aromatic carbocycles. The van der Waals surface area contributed by atoms with Gasteiger partial charge in [-0.3, -0.25) is 9.78 Å². The quantitative estimate of drug-likeness (QED) is 0.692. The Morgan fingerprint density at radius 1 is 1.19 bits per heavy atom. The predicted molar refractivity (Wildman–Crippen MR) is 105 cm³/mol. The van der Waals surface area contributed by atoms with Crippen molar-refractivity contribution in [3.63, 3.8) is 0 Å². The first kappa shape index (κ1) is 18.8. The molecule has 7 heteroatoms. The molecule has 138 valence electrons. The van der Waals surface area contributed by atoms with Gasteiger partial charge in [0.15, 0.2) is 0 Å². The molecule has 0 atom stereocenters. The van der Waals surface area contributed by atoms with Crippen LogP contribution in [0.2, 0.25) is 5.02 Å². The van der Waals surface area contributed by atoms with Crippen molar-refractivity contribution >= 4 is 29.0 Å². The van der Waals surface area contributed by atoms with Crippen LogP contribution < -0.4 is 10.2 Å². The molecule has 0 saturated heterocycles. The Balaban J connectivity index is 1.62. The standard InChI is InChI=1S/C20H18ClFN4O/c1-26(12-9-14-7-10-23-11-8-14)18-6-5-15(13-24-18)25-20(27)19-16(21)3-2-4-17(19)22/h2-8,10-11,13H,9,12H2,1H3,(H,25,27). The third-order valence-electron chi connectivity index (χ3n) is 4.07. The summed E-state index contributed by atoms with van der Waals surface area (Å²) >= 11 is 5.92. The molecule has 0 saturated carbocycles. The van der Waals surface area contributed by atoms with Crippen molar-refractivity contribution in [2.24, 2.45) is 0 Å². The second kappa shape index (κ2) is 8.60. The summed E-state index contributed by atoms with van der Waals surface area (Å²) in [6.07, 6.45) is 5.94. The lowest BCUT2D eigenvalue weighted by molar-refractivity contribution is 0.102. The van der Waals surface area contributed by atoms with Crippen molar-refractivity contribution in [3.8, 4) is 0 Å². The van der Waals surface area contributed by atoms with E-state index < -0.39 is 11.7 Å². The molecule has 0 unspecified atom stereocenters. The number of halogens is 2. The largest absolute Gasteiger partial charge is 0.359 e. The summed E-state index contributed by atoms with van der Waals surface area (Å²) in [5, 5.41) is 2.68. The van der Waals surface area contributed by atoms with Gasteiger partial charge >= 0.3 is 0 Å². The maximum absolute atomic E-state index is 13.8. The Morgan fingerprint density at radius 3 is 2.63 bits per heavy atom. The molecule has 0 aliphatic carbocycles. The molecule has 0 aliphatic heterocycles. The van der Waals surface area contributed by atoms with E-state index in [-0.39, 0.29) is 10.6 Å². The zero-order valence-corrected chi connectivity index (χ0v) is 15.4. The van der Waals surface area contributed by atoms with Crippen LogP contribution in [0.15, 0.2) is 61.1 Å². The number of rotatable bonds is 6. The van der Waals surface area contributed by atoms with E-state index in [1.54, 1.807) is 24.5 Å². The van der Waals surface area contributed by atoms with Crippen LogP contribution in [0.5, 0.6) is 0 Å². The van der Waals surface area contributed by atoms with Gasteiger partial charge in [0, 0.05) is 26.0 Å². The second-order valence-electron chi connectivity index (χ2n) is 5.98. The van der Waals surface area contributed by atoms with Gasteiger partial charge in [0.05, 0.1) is 22.5 Å². The molecule has 2 aromatic heterocycles. The van der Waals surface area contributed by atoms with Crippen molar-refractivity contribution in [1.29, 1.82) is 0 Å². The number of hydrogen-bond donors (Lipinski definition) is 1. The minimum Gasteiger partial charge on any atom is -0.359 e. The van der Waals surface area contributed by atoms with Gasteiger partial charge in [-0.1, -0.05) is 17.7 Å². The fourth-order valence-electron chi connectivity index (χ4n) is 2.55. The number of nitrogens with zero attached hydrogens (tertiary/aromatic N) is 3. The van der Waals surface area contributed by atoms with Crippen LogP contribution in [0.4, 0.5) is 15.9 Å². The van der Waals surface area contributed by atoms with Crippen LogP contribution in [-0.2, 0) is 6.42 Å². The predicted octanol–water partition coefficient (Wildman–Crippen LogP) is 4.20. The first-order valence-corrected chi connectivity index (χ1v) is 8.74. The number of benzene rings is 1. The number of nitrogens with one attached hydrogen (secondary N) is 1. The Bertz CT molecular complexity index is 899. The van der Waals surface area contributed by atoms with E-state index in [4.69, 9.17) is 11.6 Å². The lowest BCUT2D eigenvalue weighted by atomic mass is 10.2. The molecular formula is C20H18ClFN4O. The van der Waals surface area contributed by atoms with E-state index in [1.807, 2.05) is 24.1 Å². The number of anilines is 2. The fraction of sp³-hybridized carbons (Fsp3) is 0.150. The molecule has 0 bridgehead atoms. The van der Waals surface area contributed by atoms with E-state index in [9.17, 15) is 9.18 Å². The second-order valence-corrected chi connectivity index (χ2v) is 6.39. The van der Waals surface area contributed by atoms with Crippen molar-refractivity contribution in [3.05, 3.63) is 83.0 Å². The molecule has 27 heavy (non-hydrogen) atoms. The molecule has 0 fully saturated rings. The zero-order valence-electron chi connectivity index (χ0n) is 14.7. The van der Waals surface area contributed by atoms with Crippen LogP contribution >= 0.6 is 11.6 Å². The number of hydrogen-bond acceptors (Lipinski definition) is 4. The van der Waals surface area contributed by atoms with Gasteiger partial charge in [-0.05, 0) is 48.4 Å². The van der Waals surface area contributed by atoms with E-state index in [0.717, 1.165) is 18.8 Å². The minimum atomic E-state index is -0.666. The van der Waals surface area contributed by atoms with Gasteiger partial charge in [-0.25, -0.2) is 9.37 Å². The van der Waals surface area contributed by atoms with Crippen molar-refractivity contribution in [1.82, 2.24) is 9.97 Å². The summed E-state index contributed by atoms with van der Waals surface area (Å²) in [6.45, 7) is 0.785. The highest BCUT2D eigenvalue weighted by molar-refractivity contribution is 6.34. The summed E-state index contributed by atoms with van der Waals surface area (Å²) in [5.74, 6) is -0.509. The summed E-state index contributed by atoms with van der Waals surface area (Å²) in [5.41, 5.74) is 1.48. The van der Waals surface area contributed by atoms with Crippen LogP contribution in [0.25, 0.3) is 0 Å². The van der Waals surface area contributed by atoms with Gasteiger partial charge in [0.1, 0.15) is 11.6 Å². The maximum Gasteiger partial charge on any atom is 0.260 e. The smallest absolute Gasteiger partial charge is 0.260 e. The van der Waals surface area contributed by atoms with Gasteiger partial charge in [-0.15, -0.1) is 0 Å². The Labute approximate surface area is 161 Å². The van der Waals surface area contributed by atoms with Crippen molar-refractivity contribution in [2.45, 2.75) is 6.42 Å². The lowest BCUT2D eigenvalue weighted by Crippen LogP contribution is -2.21. The highest BCUT2D eigenvalue weighted by Gasteiger charge is 2.16. The molecule has 0 spiro atoms. The lowest BCUT2D eigenvalue weighted by Gasteiger charge is -2.18. The molecule has 1 N–H and O–H groups in total. The third kappa shape index (κ3) is 4.80. The SMILES string of the molecule is CN(CCc1ccncc1)c1ccc(NC(=O)c2c(F)cccc2Cl)cn1. The van der Waals surface area contributed by atoms with Crippen molar-refractivity contribution in [2.75, 3.05) is 23.8 Å². The Morgan fingerprint density at radius 2 is 1.96 bits per heavy atom. The molecule has 1 amide bonds. The van der Waals surface area contributed by atoms with Crippen molar-refractivity contribution < 1.29 is 9.18 Å². The highest BCUT2D eigenvalue weighted by Crippen LogP contribution is 2.21. The first-order chi connectivity index (χ1) is 13.0. The number of aromatic nitrogens is 2. The van der Waals surface area contributed by atoms with Gasteiger partial charge in [0.25, 0.3) is 5.91 Å². The minimum absolute atomic E-state index is 0.0629. The van der Waals surface area contributed by atoms with Gasteiger partial charge in [-0.2, -0.15) is 0 Å². The number of pyridine rings is 2. The Hall–Kier alpha value is -2.99. The number of carbonyl (C=O) groups excluding carboxylic acids is 1. The fourth-order valence-corrected chi connectivity index (χ4v) is 2.80. The van der Waals surface area contributed by atoms with Crippen LogP contribution in [0.1, 0.15) is 15.9 Å². The molecule has 3 aromatic rings. The highest BCUT2D eigenvalue weighted by atomic mass is 35.5. The molecule has 0 aliphatic rings. The normalized spacial score (nSPS) is 10.5. The molecular weight excluding hydrogens is 367 g/mol. The monoisotopic (exact) mass is 384 g/mol. The van der Waals surface area contributed by atoms with Crippen LogP contribution in [0, 0.1) is 5.82 Å². The van der Waals surface area contributed by atoms with E-state index in [0.29, 0.717) is 5.69 Å². The molecule has 5 nitrogen and oxygen atoms in total. The molecule has 3 rings (SSSR count). The summed E-state index contributed by atoms with van der Waals surface area (Å²) in [7, 11) is 1.95. The molecule has 2 heterocycles. The molecule has 0 radical (unpaired) electrons. The third-order valence-corrected chi connectivity index (χ3v) is 4.39. The zero-order chi connectivity index (χ0) is 19.2. The number of likely N-dealkylation sites (N-methyl/N-ethyl adjacent to an activating group) is 1. The van der Waals surface area contributed by atoms with E-state index >= 15 is 0 Å². The average molecular weight is 385 g/mol. The van der Waals surface area contributed by atoms with Gasteiger partial charge in [0.2, 0.25) is 0 Å². The topological polar surface area (TPSA) is 58.1 Å². The maximum atomic E-state index is 13.8. The Kier molecular flexibility index (Phi) is 5.98. The first-order valence-electron chi connectivity index (χ1n) is 8.36. The number of amides is 1. The van der Waals surface area contributed by atoms with E-state index in [2.05, 4.69) is 15.3 Å². The van der Waals surface area contributed by atoms with Crippen LogP contribution in [0.3, 0.4) is 0 Å². The summed E-state index contributed by atoms with van der Waals surface area (Å²) in [6, 6.07) is 11.6. The summed E-state index contributed by atoms with van der Waals surface area (Å²) < 4.78 is 13.8. The van der Waals surface area contributed by atoms with Crippen LogP contribution in [-0.4, -0.2) is 29.5 Å². The number of carbonyl (C=O) groups is 1. The van der Waals surface area contributed by atoms with E-state index in [1.165, 1.54) is 30.0 Å².